The lowest BCUT2D eigenvalue weighted by molar-refractivity contribution is -0.122. The van der Waals surface area contributed by atoms with Crippen LogP contribution in [0.2, 0.25) is 0 Å². The monoisotopic (exact) mass is 528 g/mol. The van der Waals surface area contributed by atoms with Crippen molar-refractivity contribution < 1.29 is 4.79 Å². The first-order chi connectivity index (χ1) is 17.4. The molecule has 0 aromatic carbocycles. The molecule has 3 rings (SSSR count). The largest absolute Gasteiger partial charge is 0.357 e. The summed E-state index contributed by atoms with van der Waals surface area (Å²) in [5.41, 5.74) is 1.41. The fraction of sp³-hybridized carbons (Fsp3) is 0.643. The second-order valence-electron chi connectivity index (χ2n) is 9.81. The van der Waals surface area contributed by atoms with Crippen molar-refractivity contribution in [3.05, 3.63) is 31.9 Å². The smallest absolute Gasteiger partial charge is 0.270 e. The molecular formula is C28H40N4O2S2. The van der Waals surface area contributed by atoms with Crippen molar-refractivity contribution in [2.75, 3.05) is 24.5 Å². The van der Waals surface area contributed by atoms with Gasteiger partial charge in [0.05, 0.1) is 4.91 Å². The molecule has 2 saturated heterocycles. The first kappa shape index (κ1) is 28.5. The highest BCUT2D eigenvalue weighted by molar-refractivity contribution is 8.26. The standard InChI is InChI=1S/C28H40N4O2S2/c1-4-6-8-9-14-18-32-27(34)24(36-28(32)35)19-22-21(3)23(20-29)26(33)31(17-7-5-2)25(22)30-15-12-10-11-13-16-30/h19H,4-18H2,1-3H3. The van der Waals surface area contributed by atoms with Crippen molar-refractivity contribution in [1.29, 1.82) is 5.26 Å². The first-order valence-electron chi connectivity index (χ1n) is 13.6. The molecule has 0 saturated carbocycles. The third kappa shape index (κ3) is 6.60. The highest BCUT2D eigenvalue weighted by Gasteiger charge is 2.33. The quantitative estimate of drug-likeness (QED) is 0.189. The molecule has 8 heteroatoms. The number of amides is 1. The van der Waals surface area contributed by atoms with E-state index in [9.17, 15) is 14.9 Å². The van der Waals surface area contributed by atoms with Crippen LogP contribution in [0, 0.1) is 18.3 Å². The number of thiocarbonyl (C=S) groups is 1. The zero-order chi connectivity index (χ0) is 26.1. The molecular weight excluding hydrogens is 488 g/mol. The molecule has 196 valence electrons. The fourth-order valence-corrected chi connectivity index (χ4v) is 6.28. The molecule has 2 aliphatic heterocycles. The summed E-state index contributed by atoms with van der Waals surface area (Å²) in [4.78, 5) is 31.4. The lowest BCUT2D eigenvalue weighted by Crippen LogP contribution is -2.35. The summed E-state index contributed by atoms with van der Waals surface area (Å²) < 4.78 is 2.39. The highest BCUT2D eigenvalue weighted by atomic mass is 32.2. The minimum Gasteiger partial charge on any atom is -0.357 e. The van der Waals surface area contributed by atoms with Crippen molar-refractivity contribution in [3.8, 4) is 6.07 Å². The fourth-order valence-electron chi connectivity index (χ4n) is 4.99. The van der Waals surface area contributed by atoms with E-state index < -0.39 is 0 Å². The van der Waals surface area contributed by atoms with Crippen molar-refractivity contribution >= 4 is 46.1 Å². The van der Waals surface area contributed by atoms with Crippen molar-refractivity contribution in [2.45, 2.75) is 97.9 Å². The lowest BCUT2D eigenvalue weighted by Gasteiger charge is -2.29. The van der Waals surface area contributed by atoms with Gasteiger partial charge in [-0.3, -0.25) is 19.1 Å². The normalized spacial score (nSPS) is 17.7. The van der Waals surface area contributed by atoms with Gasteiger partial charge in [0.2, 0.25) is 0 Å². The van der Waals surface area contributed by atoms with Crippen LogP contribution in [0.5, 0.6) is 0 Å². The van der Waals surface area contributed by atoms with Crippen LogP contribution in [0.1, 0.15) is 101 Å². The molecule has 1 aromatic rings. The van der Waals surface area contributed by atoms with Gasteiger partial charge in [0.1, 0.15) is 21.8 Å². The van der Waals surface area contributed by atoms with E-state index in [4.69, 9.17) is 12.2 Å². The average molecular weight is 529 g/mol. The van der Waals surface area contributed by atoms with Crippen LogP contribution in [0.15, 0.2) is 9.70 Å². The predicted molar refractivity (Wildman–Crippen MR) is 154 cm³/mol. The SMILES string of the molecule is CCCCCCCN1C(=O)C(=Cc2c(C)c(C#N)c(=O)n(CCCC)c2N2CCCCCC2)SC1=S. The van der Waals surface area contributed by atoms with Crippen LogP contribution in [0.3, 0.4) is 0 Å². The predicted octanol–water partition coefficient (Wildman–Crippen LogP) is 6.38. The van der Waals surface area contributed by atoms with Crippen LogP contribution in [0.4, 0.5) is 5.82 Å². The van der Waals surface area contributed by atoms with Crippen LogP contribution >= 0.6 is 24.0 Å². The maximum Gasteiger partial charge on any atom is 0.270 e. The number of carbonyl (C=O) groups is 1. The Morgan fingerprint density at radius 2 is 1.64 bits per heavy atom. The Balaban J connectivity index is 2.04. The Hall–Kier alpha value is -2.11. The third-order valence-electron chi connectivity index (χ3n) is 7.12. The van der Waals surface area contributed by atoms with E-state index in [2.05, 4.69) is 24.8 Å². The van der Waals surface area contributed by atoms with Crippen molar-refractivity contribution in [2.24, 2.45) is 0 Å². The number of unbranched alkanes of at least 4 members (excludes halogenated alkanes) is 5. The van der Waals surface area contributed by atoms with Crippen LogP contribution < -0.4 is 10.5 Å². The molecule has 2 fully saturated rings. The Morgan fingerprint density at radius 3 is 2.28 bits per heavy atom. The van der Waals surface area contributed by atoms with Gasteiger partial charge in [0.25, 0.3) is 11.5 Å². The van der Waals surface area contributed by atoms with Gasteiger partial charge in [-0.15, -0.1) is 0 Å². The van der Waals surface area contributed by atoms with Gasteiger partial charge < -0.3 is 4.90 Å². The van der Waals surface area contributed by atoms with E-state index in [0.717, 1.165) is 63.0 Å². The summed E-state index contributed by atoms with van der Waals surface area (Å²) >= 11 is 6.92. The maximum atomic E-state index is 13.4. The van der Waals surface area contributed by atoms with E-state index >= 15 is 0 Å². The average Bonchev–Trinajstić information content (AvgIpc) is 3.03. The number of hydrogen-bond donors (Lipinski definition) is 0. The molecule has 0 spiro atoms. The molecule has 0 bridgehead atoms. The molecule has 1 aromatic heterocycles. The summed E-state index contributed by atoms with van der Waals surface area (Å²) in [7, 11) is 0. The summed E-state index contributed by atoms with van der Waals surface area (Å²) in [6.45, 7) is 9.08. The Morgan fingerprint density at radius 1 is 0.972 bits per heavy atom. The van der Waals surface area contributed by atoms with E-state index in [1.807, 2.05) is 13.0 Å². The molecule has 0 aliphatic carbocycles. The molecule has 2 aliphatic rings. The number of nitrogens with zero attached hydrogens (tertiary/aromatic N) is 4. The molecule has 3 heterocycles. The number of thioether (sulfide) groups is 1. The van der Waals surface area contributed by atoms with E-state index in [-0.39, 0.29) is 17.0 Å². The van der Waals surface area contributed by atoms with Gasteiger partial charge in [-0.05, 0) is 44.2 Å². The molecule has 0 N–H and O–H groups in total. The van der Waals surface area contributed by atoms with Crippen LogP contribution in [0.25, 0.3) is 6.08 Å². The Labute approximate surface area is 225 Å². The topological polar surface area (TPSA) is 69.3 Å². The molecule has 36 heavy (non-hydrogen) atoms. The third-order valence-corrected chi connectivity index (χ3v) is 8.50. The number of carbonyl (C=O) groups excluding carboxylic acids is 1. The van der Waals surface area contributed by atoms with Gasteiger partial charge in [-0.1, -0.05) is 82.8 Å². The number of anilines is 1. The number of pyridine rings is 1. The highest BCUT2D eigenvalue weighted by Crippen LogP contribution is 2.36. The minimum absolute atomic E-state index is 0.0634. The van der Waals surface area contributed by atoms with E-state index in [1.54, 1.807) is 9.47 Å². The summed E-state index contributed by atoms with van der Waals surface area (Å²) in [5, 5.41) is 9.88. The molecule has 0 unspecified atom stereocenters. The summed E-state index contributed by atoms with van der Waals surface area (Å²) in [6, 6.07) is 2.15. The molecule has 0 radical (unpaired) electrons. The number of aromatic nitrogens is 1. The van der Waals surface area contributed by atoms with Crippen LogP contribution in [-0.4, -0.2) is 39.3 Å². The first-order valence-corrected chi connectivity index (χ1v) is 14.8. The molecule has 1 amide bonds. The molecule has 0 atom stereocenters. The molecule has 6 nitrogen and oxygen atoms in total. The zero-order valence-electron chi connectivity index (χ0n) is 22.1. The minimum atomic E-state index is -0.223. The Bertz CT molecular complexity index is 1080. The Kier molecular flexibility index (Phi) is 11.1. The van der Waals surface area contributed by atoms with Gasteiger partial charge in [-0.2, -0.15) is 5.26 Å². The van der Waals surface area contributed by atoms with Gasteiger partial charge in [-0.25, -0.2) is 0 Å². The lowest BCUT2D eigenvalue weighted by atomic mass is 10.0. The zero-order valence-corrected chi connectivity index (χ0v) is 23.7. The van der Waals surface area contributed by atoms with E-state index in [1.165, 1.54) is 43.9 Å². The van der Waals surface area contributed by atoms with Gasteiger partial charge >= 0.3 is 0 Å². The number of nitriles is 1. The number of hydrogen-bond acceptors (Lipinski definition) is 6. The van der Waals surface area contributed by atoms with Gasteiger partial charge in [0.15, 0.2) is 0 Å². The second-order valence-corrected chi connectivity index (χ2v) is 11.5. The van der Waals surface area contributed by atoms with E-state index in [0.29, 0.717) is 27.9 Å². The van der Waals surface area contributed by atoms with Crippen molar-refractivity contribution in [3.63, 3.8) is 0 Å². The van der Waals surface area contributed by atoms with Crippen molar-refractivity contribution in [1.82, 2.24) is 9.47 Å². The summed E-state index contributed by atoms with van der Waals surface area (Å²) in [5.74, 6) is 0.795. The number of rotatable bonds is 11. The van der Waals surface area contributed by atoms with Crippen LogP contribution in [-0.2, 0) is 11.3 Å². The van der Waals surface area contributed by atoms with Gasteiger partial charge in [0, 0.05) is 31.7 Å². The maximum absolute atomic E-state index is 13.4. The summed E-state index contributed by atoms with van der Waals surface area (Å²) in [6.07, 6.45) is 13.8. The second kappa shape index (κ2) is 14.0.